The van der Waals surface area contributed by atoms with Gasteiger partial charge in [0.25, 0.3) is 0 Å². The maximum atomic E-state index is 12.0. The van der Waals surface area contributed by atoms with Gasteiger partial charge in [-0.05, 0) is 67.2 Å². The largest absolute Gasteiger partial charge is 0.480 e. The van der Waals surface area contributed by atoms with E-state index in [0.717, 1.165) is 6.42 Å². The van der Waals surface area contributed by atoms with Crippen LogP contribution >= 0.6 is 0 Å². The lowest BCUT2D eigenvalue weighted by Crippen LogP contribution is -2.46. The fourth-order valence-electron chi connectivity index (χ4n) is 2.57. The molecule has 0 aliphatic carbocycles. The van der Waals surface area contributed by atoms with Crippen molar-refractivity contribution in [2.45, 2.75) is 110 Å². The fraction of sp³-hybridized carbons (Fsp3) is 0.850. The Labute approximate surface area is 173 Å². The zero-order chi connectivity index (χ0) is 22.8. The van der Waals surface area contributed by atoms with Gasteiger partial charge in [0.15, 0.2) is 0 Å². The molecular formula is C20H38N2O7. The van der Waals surface area contributed by atoms with E-state index in [9.17, 15) is 24.6 Å². The molecule has 0 spiro atoms. The standard InChI is InChI=1S/C20H38N2O7/c1-8-10-13(21-17(26)28-19(2,3)4)15(23)12-9-11-14(16(24)25)22-18(27)29-20(5,6)7/h13-15,23H,8-12H2,1-7H3,(H,21,26)(H,22,27)(H,24,25)/t13-,14?,15-/m0/s1. The highest BCUT2D eigenvalue weighted by Crippen LogP contribution is 2.14. The van der Waals surface area contributed by atoms with Crippen molar-refractivity contribution in [2.75, 3.05) is 0 Å². The minimum Gasteiger partial charge on any atom is -0.480 e. The van der Waals surface area contributed by atoms with Gasteiger partial charge in [-0.3, -0.25) is 0 Å². The number of nitrogens with one attached hydrogen (secondary N) is 2. The van der Waals surface area contributed by atoms with Crippen molar-refractivity contribution in [1.82, 2.24) is 10.6 Å². The topological polar surface area (TPSA) is 134 Å². The van der Waals surface area contributed by atoms with Crippen LogP contribution in [0.3, 0.4) is 0 Å². The van der Waals surface area contributed by atoms with E-state index in [1.54, 1.807) is 41.5 Å². The summed E-state index contributed by atoms with van der Waals surface area (Å²) in [6.07, 6.45) is -0.250. The van der Waals surface area contributed by atoms with E-state index in [1.807, 2.05) is 6.92 Å². The van der Waals surface area contributed by atoms with E-state index in [0.29, 0.717) is 12.8 Å². The van der Waals surface area contributed by atoms with Gasteiger partial charge in [-0.25, -0.2) is 14.4 Å². The monoisotopic (exact) mass is 418 g/mol. The lowest BCUT2D eigenvalue weighted by molar-refractivity contribution is -0.139. The average molecular weight is 419 g/mol. The first-order valence-electron chi connectivity index (χ1n) is 10.0. The Morgan fingerprint density at radius 1 is 0.862 bits per heavy atom. The highest BCUT2D eigenvalue weighted by atomic mass is 16.6. The maximum absolute atomic E-state index is 12.0. The number of carboxylic acids is 1. The van der Waals surface area contributed by atoms with Gasteiger partial charge in [-0.15, -0.1) is 0 Å². The second kappa shape index (κ2) is 11.8. The van der Waals surface area contributed by atoms with E-state index in [2.05, 4.69) is 10.6 Å². The molecule has 0 bridgehead atoms. The number of aliphatic carboxylic acids is 1. The lowest BCUT2D eigenvalue weighted by atomic mass is 9.99. The van der Waals surface area contributed by atoms with Crippen LogP contribution in [0.1, 0.15) is 80.6 Å². The molecule has 9 heteroatoms. The van der Waals surface area contributed by atoms with Gasteiger partial charge in [0, 0.05) is 0 Å². The van der Waals surface area contributed by atoms with Crippen molar-refractivity contribution in [3.8, 4) is 0 Å². The Morgan fingerprint density at radius 2 is 1.34 bits per heavy atom. The maximum Gasteiger partial charge on any atom is 0.408 e. The molecule has 0 aliphatic heterocycles. The zero-order valence-corrected chi connectivity index (χ0v) is 18.7. The quantitative estimate of drug-likeness (QED) is 0.428. The predicted molar refractivity (Wildman–Crippen MR) is 109 cm³/mol. The van der Waals surface area contributed by atoms with Gasteiger partial charge in [0.2, 0.25) is 0 Å². The molecule has 4 N–H and O–H groups in total. The molecule has 2 amide bonds. The number of hydrogen-bond donors (Lipinski definition) is 4. The minimum absolute atomic E-state index is 0.122. The van der Waals surface area contributed by atoms with Crippen molar-refractivity contribution >= 4 is 18.2 Å². The van der Waals surface area contributed by atoms with Gasteiger partial charge in [0.1, 0.15) is 17.2 Å². The SMILES string of the molecule is CCC[C@H](NC(=O)OC(C)(C)C)[C@@H](O)CCCC(NC(=O)OC(C)(C)C)C(=O)O. The Hall–Kier alpha value is -2.03. The van der Waals surface area contributed by atoms with Gasteiger partial charge in [-0.1, -0.05) is 13.3 Å². The third kappa shape index (κ3) is 13.7. The predicted octanol–water partition coefficient (Wildman–Crippen LogP) is 3.19. The van der Waals surface area contributed by atoms with Gasteiger partial charge in [-0.2, -0.15) is 0 Å². The molecule has 0 fully saturated rings. The number of ether oxygens (including phenoxy) is 2. The van der Waals surface area contributed by atoms with E-state index in [4.69, 9.17) is 9.47 Å². The molecule has 0 heterocycles. The molecule has 0 aromatic carbocycles. The zero-order valence-electron chi connectivity index (χ0n) is 18.7. The van der Waals surface area contributed by atoms with Crippen LogP contribution in [0.5, 0.6) is 0 Å². The van der Waals surface area contributed by atoms with Crippen molar-refractivity contribution in [1.29, 1.82) is 0 Å². The van der Waals surface area contributed by atoms with Crippen LogP contribution in [0.2, 0.25) is 0 Å². The van der Waals surface area contributed by atoms with Crippen molar-refractivity contribution in [2.24, 2.45) is 0 Å². The first-order valence-corrected chi connectivity index (χ1v) is 10.0. The second-order valence-electron chi connectivity index (χ2n) is 9.08. The minimum atomic E-state index is -1.18. The highest BCUT2D eigenvalue weighted by molar-refractivity contribution is 5.79. The van der Waals surface area contributed by atoms with Gasteiger partial charge in [0.05, 0.1) is 12.1 Å². The molecule has 0 radical (unpaired) electrons. The Bertz CT molecular complexity index is 538. The number of aliphatic hydroxyl groups excluding tert-OH is 1. The molecule has 29 heavy (non-hydrogen) atoms. The first-order chi connectivity index (χ1) is 13.1. The molecule has 3 atom stereocenters. The van der Waals surface area contributed by atoms with Crippen LogP contribution in [0.25, 0.3) is 0 Å². The smallest absolute Gasteiger partial charge is 0.408 e. The number of amides is 2. The molecule has 0 aromatic heterocycles. The van der Waals surface area contributed by atoms with Crippen LogP contribution in [0.4, 0.5) is 9.59 Å². The normalized spacial score (nSPS) is 15.0. The first kappa shape index (κ1) is 27.0. The molecular weight excluding hydrogens is 380 g/mol. The summed E-state index contributed by atoms with van der Waals surface area (Å²) in [6, 6.07) is -1.63. The molecule has 170 valence electrons. The molecule has 1 unspecified atom stereocenters. The number of hydrogen-bond acceptors (Lipinski definition) is 6. The van der Waals surface area contributed by atoms with Crippen LogP contribution in [-0.2, 0) is 14.3 Å². The van der Waals surface area contributed by atoms with Crippen molar-refractivity contribution in [3.05, 3.63) is 0 Å². The molecule has 0 saturated heterocycles. The Balaban J connectivity index is 4.66. The van der Waals surface area contributed by atoms with Crippen LogP contribution in [0, 0.1) is 0 Å². The third-order valence-electron chi connectivity index (χ3n) is 3.75. The van der Waals surface area contributed by atoms with E-state index in [-0.39, 0.29) is 12.8 Å². The summed E-state index contributed by atoms with van der Waals surface area (Å²) in [5, 5.41) is 24.7. The number of carbonyl (C=O) groups is 3. The summed E-state index contributed by atoms with van der Waals surface area (Å²) >= 11 is 0. The lowest BCUT2D eigenvalue weighted by Gasteiger charge is -2.27. The number of rotatable bonds is 10. The summed E-state index contributed by atoms with van der Waals surface area (Å²) in [7, 11) is 0. The summed E-state index contributed by atoms with van der Waals surface area (Å²) < 4.78 is 10.3. The molecule has 0 rings (SSSR count). The molecule has 9 nitrogen and oxygen atoms in total. The Kier molecular flexibility index (Phi) is 11.0. The third-order valence-corrected chi connectivity index (χ3v) is 3.75. The summed E-state index contributed by atoms with van der Waals surface area (Å²) in [4.78, 5) is 35.1. The number of alkyl carbamates (subject to hydrolysis) is 2. The summed E-state index contributed by atoms with van der Waals surface area (Å²) in [5.74, 6) is -1.18. The van der Waals surface area contributed by atoms with Gasteiger partial charge >= 0.3 is 18.2 Å². The van der Waals surface area contributed by atoms with Crippen LogP contribution < -0.4 is 10.6 Å². The van der Waals surface area contributed by atoms with Crippen molar-refractivity contribution < 1.29 is 34.1 Å². The van der Waals surface area contributed by atoms with E-state index in [1.165, 1.54) is 0 Å². The molecule has 0 aromatic rings. The van der Waals surface area contributed by atoms with Crippen molar-refractivity contribution in [3.63, 3.8) is 0 Å². The number of aliphatic hydroxyl groups is 1. The number of carbonyl (C=O) groups excluding carboxylic acids is 2. The van der Waals surface area contributed by atoms with E-state index >= 15 is 0 Å². The molecule has 0 aliphatic rings. The van der Waals surface area contributed by atoms with Gasteiger partial charge < -0.3 is 30.3 Å². The second-order valence-corrected chi connectivity index (χ2v) is 9.08. The van der Waals surface area contributed by atoms with Crippen LogP contribution in [0.15, 0.2) is 0 Å². The van der Waals surface area contributed by atoms with Crippen LogP contribution in [-0.4, -0.2) is 57.8 Å². The number of carboxylic acid groups (broad SMARTS) is 1. The Morgan fingerprint density at radius 3 is 1.76 bits per heavy atom. The fourth-order valence-corrected chi connectivity index (χ4v) is 2.57. The van der Waals surface area contributed by atoms with E-state index < -0.39 is 47.5 Å². The molecule has 0 saturated carbocycles. The summed E-state index contributed by atoms with van der Waals surface area (Å²) in [6.45, 7) is 12.2. The highest BCUT2D eigenvalue weighted by Gasteiger charge is 2.26. The summed E-state index contributed by atoms with van der Waals surface area (Å²) in [5.41, 5.74) is -1.38. The average Bonchev–Trinajstić information content (AvgIpc) is 2.49.